The number of hydrogen-bond donors (Lipinski definition) is 0. The molecule has 0 bridgehead atoms. The van der Waals surface area contributed by atoms with Gasteiger partial charge in [0, 0.05) is 32.6 Å². The van der Waals surface area contributed by atoms with Crippen molar-refractivity contribution in [1.82, 2.24) is 9.80 Å². The molecule has 0 spiro atoms. The highest BCUT2D eigenvalue weighted by Gasteiger charge is 2.20. The van der Waals surface area contributed by atoms with Gasteiger partial charge in [0.1, 0.15) is 0 Å². The van der Waals surface area contributed by atoms with Gasteiger partial charge in [-0.15, -0.1) is 0 Å². The Balaban J connectivity index is 1.97. The standard InChI is InChI=1S/C36H68N2O/c1-6-7-8-9-10-11-12-13-14-15-16-17-18-19-26-36(39)38-31-29-37(30-32-38)28-27-35(5)25-21-24-34(4)23-20-22-33(2)3/h22,24,35H,6-21,23,25-32H2,1-5H3. The van der Waals surface area contributed by atoms with Crippen LogP contribution < -0.4 is 0 Å². The summed E-state index contributed by atoms with van der Waals surface area (Å²) in [4.78, 5) is 17.4. The van der Waals surface area contributed by atoms with E-state index >= 15 is 0 Å². The van der Waals surface area contributed by atoms with Gasteiger partial charge >= 0.3 is 0 Å². The van der Waals surface area contributed by atoms with Gasteiger partial charge in [0.15, 0.2) is 0 Å². The molecule has 1 rings (SSSR count). The minimum atomic E-state index is 0.397. The summed E-state index contributed by atoms with van der Waals surface area (Å²) in [5.41, 5.74) is 2.96. The quantitative estimate of drug-likeness (QED) is 0.0891. The van der Waals surface area contributed by atoms with Crippen LogP contribution in [0.3, 0.4) is 0 Å². The first-order valence-electron chi connectivity index (χ1n) is 17.2. The lowest BCUT2D eigenvalue weighted by molar-refractivity contribution is -0.133. The van der Waals surface area contributed by atoms with E-state index in [2.05, 4.69) is 56.6 Å². The van der Waals surface area contributed by atoms with Gasteiger partial charge < -0.3 is 4.90 Å². The number of nitrogens with zero attached hydrogens (tertiary/aromatic N) is 2. The van der Waals surface area contributed by atoms with E-state index < -0.39 is 0 Å². The lowest BCUT2D eigenvalue weighted by atomic mass is 9.99. The molecule has 0 aromatic heterocycles. The van der Waals surface area contributed by atoms with Crippen molar-refractivity contribution in [2.24, 2.45) is 5.92 Å². The van der Waals surface area contributed by atoms with Crippen molar-refractivity contribution in [3.8, 4) is 0 Å². The van der Waals surface area contributed by atoms with E-state index in [1.165, 1.54) is 133 Å². The third-order valence-electron chi connectivity index (χ3n) is 8.65. The number of carbonyl (C=O) groups is 1. The van der Waals surface area contributed by atoms with Crippen molar-refractivity contribution >= 4 is 5.91 Å². The molecule has 228 valence electrons. The fourth-order valence-electron chi connectivity index (χ4n) is 5.70. The van der Waals surface area contributed by atoms with Crippen LogP contribution in [0.15, 0.2) is 23.3 Å². The van der Waals surface area contributed by atoms with Crippen molar-refractivity contribution < 1.29 is 4.79 Å². The van der Waals surface area contributed by atoms with Gasteiger partial charge in [-0.05, 0) is 71.8 Å². The monoisotopic (exact) mass is 545 g/mol. The predicted octanol–water partition coefficient (Wildman–Crippen LogP) is 10.5. The summed E-state index contributed by atoms with van der Waals surface area (Å²) >= 11 is 0. The average molecular weight is 545 g/mol. The van der Waals surface area contributed by atoms with Crippen LogP contribution in [0.25, 0.3) is 0 Å². The number of amides is 1. The van der Waals surface area contributed by atoms with Crippen LogP contribution in [0, 0.1) is 5.92 Å². The molecular weight excluding hydrogens is 476 g/mol. The Morgan fingerprint density at radius 2 is 1.21 bits per heavy atom. The molecule has 0 aromatic carbocycles. The lowest BCUT2D eigenvalue weighted by Crippen LogP contribution is -2.48. The van der Waals surface area contributed by atoms with E-state index in [0.29, 0.717) is 5.91 Å². The molecule has 1 aliphatic heterocycles. The van der Waals surface area contributed by atoms with Crippen molar-refractivity contribution in [3.63, 3.8) is 0 Å². The van der Waals surface area contributed by atoms with Crippen molar-refractivity contribution in [1.29, 1.82) is 0 Å². The van der Waals surface area contributed by atoms with Crippen LogP contribution in [0.4, 0.5) is 0 Å². The highest BCUT2D eigenvalue weighted by atomic mass is 16.2. The van der Waals surface area contributed by atoms with Gasteiger partial charge in [0.05, 0.1) is 0 Å². The number of unbranched alkanes of at least 4 members (excludes halogenated alkanes) is 13. The summed E-state index contributed by atoms with van der Waals surface area (Å²) < 4.78 is 0. The normalized spacial score (nSPS) is 15.5. The molecule has 1 saturated heterocycles. The second-order valence-electron chi connectivity index (χ2n) is 12.9. The molecule has 0 aromatic rings. The van der Waals surface area contributed by atoms with E-state index in [0.717, 1.165) is 44.9 Å². The Kier molecular flexibility index (Phi) is 22.7. The Hall–Kier alpha value is -1.09. The first-order chi connectivity index (χ1) is 18.9. The van der Waals surface area contributed by atoms with Crippen molar-refractivity contribution in [2.75, 3.05) is 32.7 Å². The number of piperazine rings is 1. The minimum absolute atomic E-state index is 0.397. The van der Waals surface area contributed by atoms with E-state index in [9.17, 15) is 4.79 Å². The zero-order chi connectivity index (χ0) is 28.6. The van der Waals surface area contributed by atoms with Crippen molar-refractivity contribution in [2.45, 2.75) is 163 Å². The Morgan fingerprint density at radius 1 is 0.667 bits per heavy atom. The maximum absolute atomic E-state index is 12.7. The zero-order valence-electron chi connectivity index (χ0n) is 27.2. The summed E-state index contributed by atoms with van der Waals surface area (Å²) in [5.74, 6) is 1.17. The third-order valence-corrected chi connectivity index (χ3v) is 8.65. The number of allylic oxidation sites excluding steroid dienone is 4. The molecule has 0 saturated carbocycles. The van der Waals surface area contributed by atoms with E-state index in [1.54, 1.807) is 0 Å². The number of rotatable bonds is 24. The molecule has 0 N–H and O–H groups in total. The van der Waals surface area contributed by atoms with Crippen LogP contribution in [0.2, 0.25) is 0 Å². The van der Waals surface area contributed by atoms with Gasteiger partial charge in [0.25, 0.3) is 0 Å². The molecular formula is C36H68N2O. The largest absolute Gasteiger partial charge is 0.340 e. The molecule has 3 heteroatoms. The summed E-state index contributed by atoms with van der Waals surface area (Å²) in [5, 5.41) is 0. The van der Waals surface area contributed by atoms with Gasteiger partial charge in [-0.1, -0.05) is 121 Å². The first-order valence-corrected chi connectivity index (χ1v) is 17.2. The number of carbonyl (C=O) groups excluding carboxylic acids is 1. The Labute approximate surface area is 245 Å². The van der Waals surface area contributed by atoms with Gasteiger partial charge in [-0.3, -0.25) is 9.69 Å². The molecule has 1 heterocycles. The fourth-order valence-corrected chi connectivity index (χ4v) is 5.70. The summed E-state index contributed by atoms with van der Waals surface area (Å²) in [7, 11) is 0. The molecule has 1 aliphatic rings. The fraction of sp³-hybridized carbons (Fsp3) is 0.861. The molecule has 0 aliphatic carbocycles. The summed E-state index contributed by atoms with van der Waals surface area (Å²) in [6, 6.07) is 0. The third kappa shape index (κ3) is 21.3. The van der Waals surface area contributed by atoms with Gasteiger partial charge in [0.2, 0.25) is 5.91 Å². The van der Waals surface area contributed by atoms with Crippen LogP contribution in [0.5, 0.6) is 0 Å². The maximum Gasteiger partial charge on any atom is 0.222 e. The predicted molar refractivity (Wildman–Crippen MR) is 173 cm³/mol. The highest BCUT2D eigenvalue weighted by molar-refractivity contribution is 5.76. The molecule has 1 amide bonds. The molecule has 0 radical (unpaired) electrons. The zero-order valence-corrected chi connectivity index (χ0v) is 27.2. The molecule has 3 nitrogen and oxygen atoms in total. The van der Waals surface area contributed by atoms with Crippen LogP contribution in [-0.4, -0.2) is 48.4 Å². The lowest BCUT2D eigenvalue weighted by Gasteiger charge is -2.35. The van der Waals surface area contributed by atoms with Crippen molar-refractivity contribution in [3.05, 3.63) is 23.3 Å². The molecule has 1 atom stereocenters. The summed E-state index contributed by atoms with van der Waals surface area (Å²) in [6.45, 7) is 16.5. The Morgan fingerprint density at radius 3 is 1.74 bits per heavy atom. The molecule has 1 unspecified atom stereocenters. The SMILES string of the molecule is CCCCCCCCCCCCCCCCC(=O)N1CCN(CCC(C)CCC=C(C)CCC=C(C)C)CC1. The van der Waals surface area contributed by atoms with Crippen LogP contribution in [0.1, 0.15) is 163 Å². The van der Waals surface area contributed by atoms with Gasteiger partial charge in [-0.2, -0.15) is 0 Å². The number of hydrogen-bond acceptors (Lipinski definition) is 2. The van der Waals surface area contributed by atoms with E-state index in [4.69, 9.17) is 0 Å². The maximum atomic E-state index is 12.7. The van der Waals surface area contributed by atoms with E-state index in [-0.39, 0.29) is 0 Å². The minimum Gasteiger partial charge on any atom is -0.340 e. The average Bonchev–Trinajstić information content (AvgIpc) is 2.92. The van der Waals surface area contributed by atoms with E-state index in [1.807, 2.05) is 0 Å². The Bertz CT molecular complexity index is 640. The molecule has 39 heavy (non-hydrogen) atoms. The summed E-state index contributed by atoms with van der Waals surface area (Å²) in [6.07, 6.45) is 30.8. The first kappa shape index (κ1) is 35.9. The van der Waals surface area contributed by atoms with Gasteiger partial charge in [-0.25, -0.2) is 0 Å². The topological polar surface area (TPSA) is 23.6 Å². The smallest absolute Gasteiger partial charge is 0.222 e. The second-order valence-corrected chi connectivity index (χ2v) is 12.9. The molecule has 1 fully saturated rings. The second kappa shape index (κ2) is 24.7. The van der Waals surface area contributed by atoms with Crippen LogP contribution in [-0.2, 0) is 4.79 Å². The van der Waals surface area contributed by atoms with Crippen LogP contribution >= 0.6 is 0 Å². The highest BCUT2D eigenvalue weighted by Crippen LogP contribution is 2.17.